The first-order valence-corrected chi connectivity index (χ1v) is 15.0. The van der Waals surface area contributed by atoms with Crippen molar-refractivity contribution in [3.05, 3.63) is 0 Å². The first-order valence-electron chi connectivity index (χ1n) is 13.6. The number of ether oxygens (including phenoxy) is 1. The maximum absolute atomic E-state index is 13.5. The van der Waals surface area contributed by atoms with Crippen LogP contribution in [0.5, 0.6) is 0 Å². The number of halogens is 4. The van der Waals surface area contributed by atoms with E-state index in [4.69, 9.17) is 16.3 Å². The van der Waals surface area contributed by atoms with Crippen molar-refractivity contribution in [1.82, 2.24) is 36.6 Å². The van der Waals surface area contributed by atoms with Crippen molar-refractivity contribution < 1.29 is 27.5 Å². The van der Waals surface area contributed by atoms with Gasteiger partial charge in [-0.2, -0.15) is 13.2 Å². The van der Waals surface area contributed by atoms with E-state index in [-0.39, 0.29) is 64.6 Å². The molecule has 5 aliphatic rings. The number of hydrazine groups is 1. The molecule has 10 nitrogen and oxygen atoms in total. The molecule has 5 N–H and O–H groups in total. The Bertz CT molecular complexity index is 909. The topological polar surface area (TPSA) is 110 Å². The normalized spacial score (nSPS) is 43.5. The molecule has 5 fully saturated rings. The number of fused-ring (bicyclic) bond motifs is 1. The third-order valence-corrected chi connectivity index (χ3v) is 10.6. The lowest BCUT2D eigenvalue weighted by Crippen LogP contribution is -2.57. The second-order valence-electron chi connectivity index (χ2n) is 11.6. The van der Waals surface area contributed by atoms with E-state index in [1.807, 2.05) is 0 Å². The Labute approximate surface area is 236 Å². The smallest absolute Gasteiger partial charge is 0.380 e. The zero-order chi connectivity index (χ0) is 28.1. The van der Waals surface area contributed by atoms with E-state index in [1.54, 1.807) is 7.11 Å². The average molecular weight is 598 g/mol. The third kappa shape index (κ3) is 6.32. The minimum absolute atomic E-state index is 0.00437. The highest BCUT2D eigenvalue weighted by atomic mass is 35.5. The number of nitrogens with one attached hydrogen (secondary N) is 5. The molecule has 0 aliphatic carbocycles. The Balaban J connectivity index is 1.17. The van der Waals surface area contributed by atoms with Gasteiger partial charge in [0.25, 0.3) is 0 Å². The van der Waals surface area contributed by atoms with Gasteiger partial charge in [-0.1, -0.05) is 0 Å². The van der Waals surface area contributed by atoms with Gasteiger partial charge in [0, 0.05) is 64.2 Å². The summed E-state index contributed by atoms with van der Waals surface area (Å²) >= 11 is 7.96. The summed E-state index contributed by atoms with van der Waals surface area (Å²) in [5.41, 5.74) is 1.89. The lowest BCUT2D eigenvalue weighted by atomic mass is 9.70. The second kappa shape index (κ2) is 11.8. The molecule has 0 aromatic rings. The van der Waals surface area contributed by atoms with Gasteiger partial charge in [0.1, 0.15) is 11.5 Å². The van der Waals surface area contributed by atoms with E-state index in [0.29, 0.717) is 26.2 Å². The molecule has 5 rings (SSSR count). The molecule has 0 bridgehead atoms. The molecule has 0 aromatic carbocycles. The summed E-state index contributed by atoms with van der Waals surface area (Å²) in [6.07, 6.45) is -2.94. The Morgan fingerprint density at radius 1 is 1.08 bits per heavy atom. The molecular weight excluding hydrogens is 559 g/mol. The van der Waals surface area contributed by atoms with Crippen molar-refractivity contribution >= 4 is 35.2 Å². The van der Waals surface area contributed by atoms with Gasteiger partial charge in [-0.25, -0.2) is 10.4 Å². The van der Waals surface area contributed by atoms with E-state index in [9.17, 15) is 22.8 Å². The zero-order valence-corrected chi connectivity index (χ0v) is 23.9. The summed E-state index contributed by atoms with van der Waals surface area (Å²) < 4.78 is 46.2. The number of alkyl halides is 4. The number of hydrogen-bond acceptors (Lipinski definition) is 9. The number of rotatable bonds is 5. The first-order chi connectivity index (χ1) is 18.4. The van der Waals surface area contributed by atoms with Gasteiger partial charge in [0.2, 0.25) is 11.8 Å². The quantitative estimate of drug-likeness (QED) is 0.223. The first kappa shape index (κ1) is 29.6. The molecule has 222 valence electrons. The minimum Gasteiger partial charge on any atom is -0.380 e. The number of likely N-dealkylation sites (tertiary alicyclic amines) is 1. The van der Waals surface area contributed by atoms with Gasteiger partial charge in [-0.3, -0.25) is 20.2 Å². The van der Waals surface area contributed by atoms with Crippen LogP contribution in [0.2, 0.25) is 0 Å². The summed E-state index contributed by atoms with van der Waals surface area (Å²) in [7, 11) is 3.21. The van der Waals surface area contributed by atoms with Gasteiger partial charge in [0.05, 0.1) is 23.4 Å². The van der Waals surface area contributed by atoms with Gasteiger partial charge in [-0.15, -0.1) is 23.4 Å². The molecular formula is C24H39ClF3N7O3S. The Hall–Kier alpha value is -0.870. The van der Waals surface area contributed by atoms with Crippen molar-refractivity contribution in [3.8, 4) is 0 Å². The standard InChI is InChI=1S/C24H39ClF3N7O3S/c1-11-4-12(13-5-19(25)30-7-17(13)38-3)14(6-29-11)21(36)32-23-31-16-9-35(10-18(16)39-23)22(37)15-8-34(2)33-20(15)24(26,27)28/h11-20,23,29-31,33H,4-10H2,1-3H3,(H,32,36). The van der Waals surface area contributed by atoms with E-state index >= 15 is 0 Å². The molecule has 5 heterocycles. The molecule has 39 heavy (non-hydrogen) atoms. The number of hydrogen-bond donors (Lipinski definition) is 5. The second-order valence-corrected chi connectivity index (χ2v) is 13.5. The SMILES string of the molecule is COC1CNC(Cl)CC1C1CC(C)NCC1C(=O)NC1NC2CN(C(=O)C3CN(C)NC3C(F)(F)F)CC2S1. The van der Waals surface area contributed by atoms with Crippen molar-refractivity contribution in [3.63, 3.8) is 0 Å². The van der Waals surface area contributed by atoms with E-state index < -0.39 is 24.0 Å². The van der Waals surface area contributed by atoms with Gasteiger partial charge >= 0.3 is 6.18 Å². The molecule has 11 atom stereocenters. The van der Waals surface area contributed by atoms with Crippen molar-refractivity contribution in [2.24, 2.45) is 23.7 Å². The lowest BCUT2D eigenvalue weighted by molar-refractivity contribution is -0.171. The highest BCUT2D eigenvalue weighted by molar-refractivity contribution is 8.00. The molecule has 2 amide bonds. The van der Waals surface area contributed by atoms with Crippen LogP contribution in [0, 0.1) is 23.7 Å². The van der Waals surface area contributed by atoms with Crippen LogP contribution in [0.1, 0.15) is 19.8 Å². The Kier molecular flexibility index (Phi) is 8.95. The average Bonchev–Trinajstić information content (AvgIpc) is 3.56. The van der Waals surface area contributed by atoms with Crippen LogP contribution < -0.4 is 26.7 Å². The fourth-order valence-corrected chi connectivity index (χ4v) is 8.69. The minimum atomic E-state index is -4.51. The maximum atomic E-state index is 13.5. The predicted octanol–water partition coefficient (Wildman–Crippen LogP) is 0.103. The van der Waals surface area contributed by atoms with Crippen LogP contribution in [0.4, 0.5) is 13.2 Å². The van der Waals surface area contributed by atoms with Gasteiger partial charge in [0.15, 0.2) is 0 Å². The van der Waals surface area contributed by atoms with Gasteiger partial charge < -0.3 is 20.3 Å². The molecule has 0 saturated carbocycles. The predicted molar refractivity (Wildman–Crippen MR) is 142 cm³/mol. The highest BCUT2D eigenvalue weighted by Crippen LogP contribution is 2.39. The summed E-state index contributed by atoms with van der Waals surface area (Å²) in [6.45, 7) is 4.03. The van der Waals surface area contributed by atoms with Gasteiger partial charge in [-0.05, 0) is 31.6 Å². The van der Waals surface area contributed by atoms with Crippen molar-refractivity contribution in [2.75, 3.05) is 46.9 Å². The molecule has 0 aromatic heterocycles. The Morgan fingerprint density at radius 2 is 1.85 bits per heavy atom. The van der Waals surface area contributed by atoms with E-state index in [2.05, 4.69) is 33.6 Å². The summed E-state index contributed by atoms with van der Waals surface area (Å²) in [5, 5.41) is 14.6. The van der Waals surface area contributed by atoms with Crippen LogP contribution in [-0.2, 0) is 14.3 Å². The van der Waals surface area contributed by atoms with Crippen molar-refractivity contribution in [2.45, 2.75) is 66.4 Å². The van der Waals surface area contributed by atoms with Crippen LogP contribution in [-0.4, -0.2) is 115 Å². The number of piperidine rings is 2. The molecule has 0 radical (unpaired) electrons. The molecule has 11 unspecified atom stereocenters. The van der Waals surface area contributed by atoms with Crippen LogP contribution in [0.25, 0.3) is 0 Å². The largest absolute Gasteiger partial charge is 0.405 e. The molecule has 5 aliphatic heterocycles. The Morgan fingerprint density at radius 3 is 2.54 bits per heavy atom. The summed E-state index contributed by atoms with van der Waals surface area (Å²) in [4.78, 5) is 28.1. The number of amides is 2. The maximum Gasteiger partial charge on any atom is 0.405 e. The summed E-state index contributed by atoms with van der Waals surface area (Å²) in [6, 6.07) is -1.69. The highest BCUT2D eigenvalue weighted by Gasteiger charge is 2.54. The molecule has 5 saturated heterocycles. The zero-order valence-electron chi connectivity index (χ0n) is 22.3. The monoisotopic (exact) mass is 597 g/mol. The summed E-state index contributed by atoms with van der Waals surface area (Å²) in [5.74, 6) is -1.65. The number of thioether (sulfide) groups is 1. The lowest BCUT2D eigenvalue weighted by Gasteiger charge is -2.45. The van der Waals surface area contributed by atoms with Crippen LogP contribution in [0.15, 0.2) is 0 Å². The number of methoxy groups -OCH3 is 1. The van der Waals surface area contributed by atoms with Crippen LogP contribution in [0.3, 0.4) is 0 Å². The number of nitrogens with zero attached hydrogens (tertiary/aromatic N) is 2. The van der Waals surface area contributed by atoms with Crippen molar-refractivity contribution in [1.29, 1.82) is 0 Å². The molecule has 15 heteroatoms. The third-order valence-electron chi connectivity index (χ3n) is 8.95. The van der Waals surface area contributed by atoms with E-state index in [1.165, 1.54) is 28.7 Å². The fraction of sp³-hybridized carbons (Fsp3) is 0.917. The van der Waals surface area contributed by atoms with E-state index in [0.717, 1.165) is 12.8 Å². The number of carbonyl (C=O) groups is 2. The number of carbonyl (C=O) groups excluding carboxylic acids is 2. The molecule has 0 spiro atoms. The fourth-order valence-electron chi connectivity index (χ4n) is 6.98. The van der Waals surface area contributed by atoms with Crippen LogP contribution >= 0.6 is 23.4 Å².